The van der Waals surface area contributed by atoms with Gasteiger partial charge in [0.25, 0.3) is 0 Å². The number of rotatable bonds is 4. The first kappa shape index (κ1) is 18.0. The van der Waals surface area contributed by atoms with Crippen molar-refractivity contribution in [2.75, 3.05) is 14.2 Å². The molecule has 0 radical (unpaired) electrons. The highest BCUT2D eigenvalue weighted by Crippen LogP contribution is 2.52. The average molecular weight is 386 g/mol. The van der Waals surface area contributed by atoms with Crippen molar-refractivity contribution in [3.8, 4) is 23.0 Å². The second-order valence-electron chi connectivity index (χ2n) is 6.63. The Morgan fingerprint density at radius 1 is 0.750 bits per heavy atom. The number of hydrogen-bond acceptors (Lipinski definition) is 8. The normalized spacial score (nSPS) is 25.8. The van der Waals surface area contributed by atoms with Crippen LogP contribution in [0.15, 0.2) is 36.4 Å². The van der Waals surface area contributed by atoms with Gasteiger partial charge in [0.1, 0.15) is 24.0 Å². The molecule has 4 atom stereocenters. The third-order valence-electron chi connectivity index (χ3n) is 5.13. The molecule has 2 aliphatic heterocycles. The van der Waals surface area contributed by atoms with Gasteiger partial charge >= 0.3 is 11.9 Å². The third-order valence-corrected chi connectivity index (χ3v) is 5.13. The first-order chi connectivity index (χ1) is 13.4. The van der Waals surface area contributed by atoms with Gasteiger partial charge in [-0.05, 0) is 35.4 Å². The predicted octanol–water partition coefficient (Wildman–Crippen LogP) is 2.24. The summed E-state index contributed by atoms with van der Waals surface area (Å²) in [6, 6.07) is 9.03. The molecule has 28 heavy (non-hydrogen) atoms. The van der Waals surface area contributed by atoms with E-state index in [0.717, 1.165) is 0 Å². The number of benzene rings is 2. The van der Waals surface area contributed by atoms with Crippen molar-refractivity contribution < 1.29 is 38.7 Å². The van der Waals surface area contributed by atoms with Gasteiger partial charge in [0.05, 0.1) is 14.2 Å². The van der Waals surface area contributed by atoms with Crippen LogP contribution < -0.4 is 9.47 Å². The molecule has 8 heteroatoms. The monoisotopic (exact) mass is 386 g/mol. The van der Waals surface area contributed by atoms with Crippen molar-refractivity contribution in [3.05, 3.63) is 47.5 Å². The van der Waals surface area contributed by atoms with E-state index in [-0.39, 0.29) is 23.0 Å². The number of esters is 2. The molecule has 2 aromatic rings. The number of carbonyl (C=O) groups is 2. The van der Waals surface area contributed by atoms with Crippen molar-refractivity contribution in [1.82, 2.24) is 0 Å². The van der Waals surface area contributed by atoms with Gasteiger partial charge in [-0.25, -0.2) is 0 Å². The predicted molar refractivity (Wildman–Crippen MR) is 94.0 cm³/mol. The zero-order chi connectivity index (χ0) is 20.0. The lowest BCUT2D eigenvalue weighted by atomic mass is 9.84. The van der Waals surface area contributed by atoms with Crippen LogP contribution in [0.25, 0.3) is 0 Å². The molecule has 0 amide bonds. The number of carbonyl (C=O) groups excluding carboxylic acids is 2. The van der Waals surface area contributed by atoms with E-state index in [9.17, 15) is 19.8 Å². The van der Waals surface area contributed by atoms with Crippen molar-refractivity contribution >= 4 is 11.9 Å². The van der Waals surface area contributed by atoms with Gasteiger partial charge in [0, 0.05) is 0 Å². The summed E-state index contributed by atoms with van der Waals surface area (Å²) in [7, 11) is 2.81. The van der Waals surface area contributed by atoms with Crippen molar-refractivity contribution in [2.24, 2.45) is 11.8 Å². The topological polar surface area (TPSA) is 112 Å². The molecule has 146 valence electrons. The molecule has 0 aromatic heterocycles. The first-order valence-electron chi connectivity index (χ1n) is 8.59. The van der Waals surface area contributed by atoms with E-state index in [2.05, 4.69) is 0 Å². The molecule has 0 aliphatic carbocycles. The SMILES string of the molecule is COc1cc([C@H]2OC(=O)C3C2C(=O)O[C@@H]3c2ccc(O)c(OC)c2)ccc1O. The molecule has 2 heterocycles. The van der Waals surface area contributed by atoms with Crippen LogP contribution in [0.2, 0.25) is 0 Å². The van der Waals surface area contributed by atoms with E-state index in [1.165, 1.54) is 38.5 Å². The number of phenolic OH excluding ortho intramolecular Hbond substituents is 2. The molecule has 0 bridgehead atoms. The molecular formula is C20H18O8. The second-order valence-corrected chi connectivity index (χ2v) is 6.63. The lowest BCUT2D eigenvalue weighted by molar-refractivity contribution is -0.154. The average Bonchev–Trinajstić information content (AvgIpc) is 3.21. The molecule has 2 saturated heterocycles. The molecule has 0 spiro atoms. The van der Waals surface area contributed by atoms with E-state index in [1.54, 1.807) is 12.1 Å². The Labute approximate surface area is 160 Å². The van der Waals surface area contributed by atoms with Crippen molar-refractivity contribution in [3.63, 3.8) is 0 Å². The van der Waals surface area contributed by atoms with Crippen LogP contribution in [0.4, 0.5) is 0 Å². The van der Waals surface area contributed by atoms with Crippen LogP contribution in [-0.2, 0) is 19.1 Å². The summed E-state index contributed by atoms with van der Waals surface area (Å²) in [6.45, 7) is 0. The summed E-state index contributed by atoms with van der Waals surface area (Å²) in [5.74, 6) is -2.45. The van der Waals surface area contributed by atoms with Gasteiger partial charge in [-0.15, -0.1) is 0 Å². The molecule has 2 N–H and O–H groups in total. The van der Waals surface area contributed by atoms with Gasteiger partial charge in [0.15, 0.2) is 23.0 Å². The van der Waals surface area contributed by atoms with Crippen LogP contribution in [0, 0.1) is 11.8 Å². The number of fused-ring (bicyclic) bond motifs is 1. The fourth-order valence-corrected chi connectivity index (χ4v) is 3.76. The van der Waals surface area contributed by atoms with Crippen LogP contribution in [0.3, 0.4) is 0 Å². The Hall–Kier alpha value is -3.42. The maximum atomic E-state index is 12.6. The van der Waals surface area contributed by atoms with Crippen LogP contribution >= 0.6 is 0 Å². The Morgan fingerprint density at radius 2 is 1.14 bits per heavy atom. The zero-order valence-corrected chi connectivity index (χ0v) is 15.1. The highest BCUT2D eigenvalue weighted by atomic mass is 16.6. The minimum absolute atomic E-state index is 0.0600. The molecule has 0 saturated carbocycles. The Bertz CT molecular complexity index is 876. The maximum Gasteiger partial charge on any atom is 0.314 e. The summed E-state index contributed by atoms with van der Waals surface area (Å²) in [5.41, 5.74) is 1.05. The Kier molecular flexibility index (Phi) is 4.26. The summed E-state index contributed by atoms with van der Waals surface area (Å²) >= 11 is 0. The van der Waals surface area contributed by atoms with Gasteiger partial charge in [0.2, 0.25) is 0 Å². The summed E-state index contributed by atoms with van der Waals surface area (Å²) in [5, 5.41) is 19.6. The minimum atomic E-state index is -0.844. The molecule has 2 unspecified atom stereocenters. The van der Waals surface area contributed by atoms with E-state index in [1.807, 2.05) is 0 Å². The molecular weight excluding hydrogens is 368 g/mol. The summed E-state index contributed by atoms with van der Waals surface area (Å²) in [6.07, 6.45) is -1.69. The van der Waals surface area contributed by atoms with Crippen molar-refractivity contribution in [2.45, 2.75) is 12.2 Å². The standard InChI is InChI=1S/C20H18O8/c1-25-13-7-9(3-5-11(13)21)17-15-16(20(24)27-17)18(28-19(15)23)10-4-6-12(22)14(8-10)26-2/h3-8,15-18,21-22H,1-2H3/t15?,16?,17-,18-/m1/s1. The van der Waals surface area contributed by atoms with Crippen LogP contribution in [-0.4, -0.2) is 36.4 Å². The number of hydrogen-bond donors (Lipinski definition) is 2. The van der Waals surface area contributed by atoms with E-state index in [4.69, 9.17) is 18.9 Å². The highest BCUT2D eigenvalue weighted by molar-refractivity contribution is 5.89. The first-order valence-corrected chi connectivity index (χ1v) is 8.59. The van der Waals surface area contributed by atoms with Gasteiger partial charge in [-0.1, -0.05) is 12.1 Å². The Balaban J connectivity index is 1.69. The number of aromatic hydroxyl groups is 2. The molecule has 2 fully saturated rings. The quantitative estimate of drug-likeness (QED) is 0.770. The summed E-state index contributed by atoms with van der Waals surface area (Å²) in [4.78, 5) is 25.2. The van der Waals surface area contributed by atoms with E-state index in [0.29, 0.717) is 11.1 Å². The largest absolute Gasteiger partial charge is 0.504 e. The van der Waals surface area contributed by atoms with Gasteiger partial charge in [-0.2, -0.15) is 0 Å². The van der Waals surface area contributed by atoms with E-state index >= 15 is 0 Å². The molecule has 2 aromatic carbocycles. The number of methoxy groups -OCH3 is 2. The zero-order valence-electron chi connectivity index (χ0n) is 15.1. The number of cyclic esters (lactones) is 2. The number of phenols is 2. The number of ether oxygens (including phenoxy) is 4. The third kappa shape index (κ3) is 2.69. The van der Waals surface area contributed by atoms with Crippen LogP contribution in [0.5, 0.6) is 23.0 Å². The fourth-order valence-electron chi connectivity index (χ4n) is 3.76. The lowest BCUT2D eigenvalue weighted by Crippen LogP contribution is -2.19. The van der Waals surface area contributed by atoms with Gasteiger partial charge < -0.3 is 29.2 Å². The smallest absolute Gasteiger partial charge is 0.314 e. The fraction of sp³-hybridized carbons (Fsp3) is 0.300. The van der Waals surface area contributed by atoms with Crippen LogP contribution in [0.1, 0.15) is 23.3 Å². The second kappa shape index (κ2) is 6.63. The molecule has 4 rings (SSSR count). The van der Waals surface area contributed by atoms with E-state index < -0.39 is 36.0 Å². The van der Waals surface area contributed by atoms with Crippen molar-refractivity contribution in [1.29, 1.82) is 0 Å². The molecule has 8 nitrogen and oxygen atoms in total. The molecule has 2 aliphatic rings. The highest BCUT2D eigenvalue weighted by Gasteiger charge is 2.60. The summed E-state index contributed by atoms with van der Waals surface area (Å²) < 4.78 is 21.2. The lowest BCUT2D eigenvalue weighted by Gasteiger charge is -2.16. The maximum absolute atomic E-state index is 12.6. The Morgan fingerprint density at radius 3 is 1.50 bits per heavy atom. The minimum Gasteiger partial charge on any atom is -0.504 e. The van der Waals surface area contributed by atoms with Gasteiger partial charge in [-0.3, -0.25) is 9.59 Å².